The lowest BCUT2D eigenvalue weighted by Crippen LogP contribution is -2.54. The Morgan fingerprint density at radius 1 is 1.19 bits per heavy atom. The third-order valence-electron chi connectivity index (χ3n) is 4.45. The van der Waals surface area contributed by atoms with E-state index in [0.717, 1.165) is 13.1 Å². The predicted octanol–water partition coefficient (Wildman–Crippen LogP) is 1.92. The lowest BCUT2D eigenvalue weighted by Gasteiger charge is -2.36. The van der Waals surface area contributed by atoms with Gasteiger partial charge in [0.05, 0.1) is 0 Å². The minimum absolute atomic E-state index is 0.278. The van der Waals surface area contributed by atoms with Crippen molar-refractivity contribution in [1.82, 2.24) is 20.4 Å². The molecule has 114 valence electrons. The Kier molecular flexibility index (Phi) is 4.78. The summed E-state index contributed by atoms with van der Waals surface area (Å²) in [6.45, 7) is 6.66. The topological polar surface area (TPSA) is 30.5 Å². The molecular formula is C17H26N4. The lowest BCUT2D eigenvalue weighted by atomic mass is 10.0. The molecule has 1 atom stereocenters. The van der Waals surface area contributed by atoms with Crippen molar-refractivity contribution in [2.45, 2.75) is 38.6 Å². The molecule has 0 amide bonds. The Morgan fingerprint density at radius 2 is 1.95 bits per heavy atom. The zero-order valence-corrected chi connectivity index (χ0v) is 12.8. The molecule has 2 N–H and O–H groups in total. The molecule has 0 spiro atoms. The Bertz CT molecular complexity index is 451. The lowest BCUT2D eigenvalue weighted by molar-refractivity contribution is 0.152. The number of nitrogens with one attached hydrogen (secondary N) is 2. The van der Waals surface area contributed by atoms with E-state index >= 15 is 0 Å². The van der Waals surface area contributed by atoms with E-state index in [2.05, 4.69) is 63.9 Å². The standard InChI is InChI=1S/C17H26N4/c1-2-21-13-10-18-17(21)19-16-8-11-20(12-9-16)14-15-6-4-3-5-7-15/h3-7,10,13,16-19H,2,8-9,11-12,14H2,1H3. The predicted molar refractivity (Wildman–Crippen MR) is 86.3 cm³/mol. The van der Waals surface area contributed by atoms with Gasteiger partial charge in [-0.05, 0) is 38.4 Å². The van der Waals surface area contributed by atoms with Crippen LogP contribution in [0.15, 0.2) is 42.7 Å². The molecule has 1 saturated heterocycles. The van der Waals surface area contributed by atoms with Crippen LogP contribution >= 0.6 is 0 Å². The Labute approximate surface area is 127 Å². The maximum Gasteiger partial charge on any atom is 0.154 e. The van der Waals surface area contributed by atoms with Gasteiger partial charge >= 0.3 is 0 Å². The van der Waals surface area contributed by atoms with Gasteiger partial charge in [0.1, 0.15) is 0 Å². The van der Waals surface area contributed by atoms with Crippen LogP contribution in [0.1, 0.15) is 25.3 Å². The number of nitrogens with zero attached hydrogens (tertiary/aromatic N) is 2. The summed E-state index contributed by atoms with van der Waals surface area (Å²) in [5, 5.41) is 7.11. The van der Waals surface area contributed by atoms with E-state index in [1.807, 2.05) is 6.20 Å². The van der Waals surface area contributed by atoms with Gasteiger partial charge in [-0.1, -0.05) is 30.3 Å². The van der Waals surface area contributed by atoms with Gasteiger partial charge in [0.15, 0.2) is 6.29 Å². The molecule has 2 heterocycles. The van der Waals surface area contributed by atoms with Crippen LogP contribution in [0.4, 0.5) is 0 Å². The molecule has 1 unspecified atom stereocenters. The van der Waals surface area contributed by atoms with Gasteiger partial charge in [-0.15, -0.1) is 0 Å². The highest BCUT2D eigenvalue weighted by Gasteiger charge is 2.24. The summed E-state index contributed by atoms with van der Waals surface area (Å²) in [5.74, 6) is 0. The van der Waals surface area contributed by atoms with E-state index in [4.69, 9.17) is 0 Å². The third-order valence-corrected chi connectivity index (χ3v) is 4.45. The van der Waals surface area contributed by atoms with Crippen LogP contribution in [0.5, 0.6) is 0 Å². The van der Waals surface area contributed by atoms with Crippen LogP contribution in [0.2, 0.25) is 0 Å². The molecule has 1 fully saturated rings. The second-order valence-corrected chi connectivity index (χ2v) is 5.92. The first-order valence-electron chi connectivity index (χ1n) is 8.06. The fourth-order valence-corrected chi connectivity index (χ4v) is 3.17. The zero-order chi connectivity index (χ0) is 14.5. The minimum Gasteiger partial charge on any atom is -0.358 e. The largest absolute Gasteiger partial charge is 0.358 e. The van der Waals surface area contributed by atoms with E-state index in [9.17, 15) is 0 Å². The van der Waals surface area contributed by atoms with Crippen molar-refractivity contribution in [2.24, 2.45) is 0 Å². The smallest absolute Gasteiger partial charge is 0.154 e. The van der Waals surface area contributed by atoms with Crippen LogP contribution in [-0.2, 0) is 6.54 Å². The fourth-order valence-electron chi connectivity index (χ4n) is 3.17. The molecule has 0 saturated carbocycles. The average molecular weight is 286 g/mol. The highest BCUT2D eigenvalue weighted by molar-refractivity contribution is 5.14. The average Bonchev–Trinajstić information content (AvgIpc) is 2.97. The van der Waals surface area contributed by atoms with Crippen LogP contribution in [0, 0.1) is 0 Å². The molecule has 1 aromatic carbocycles. The first-order chi connectivity index (χ1) is 10.3. The SMILES string of the molecule is CCN1C=CNC1NC1CCN(Cc2ccccc2)CC1. The number of hydrogen-bond acceptors (Lipinski definition) is 4. The van der Waals surface area contributed by atoms with Crippen molar-refractivity contribution in [2.75, 3.05) is 19.6 Å². The molecule has 0 bridgehead atoms. The Balaban J connectivity index is 1.43. The summed E-state index contributed by atoms with van der Waals surface area (Å²) in [7, 11) is 0. The molecule has 2 aliphatic rings. The normalized spacial score (nSPS) is 23.5. The van der Waals surface area contributed by atoms with Gasteiger partial charge in [0, 0.05) is 31.5 Å². The molecule has 0 aliphatic carbocycles. The molecular weight excluding hydrogens is 260 g/mol. The van der Waals surface area contributed by atoms with Crippen molar-refractivity contribution >= 4 is 0 Å². The zero-order valence-electron chi connectivity index (χ0n) is 12.8. The van der Waals surface area contributed by atoms with E-state index in [-0.39, 0.29) is 6.29 Å². The first kappa shape index (κ1) is 14.4. The summed E-state index contributed by atoms with van der Waals surface area (Å²) in [6.07, 6.45) is 6.89. The fraction of sp³-hybridized carbons (Fsp3) is 0.529. The third kappa shape index (κ3) is 3.77. The molecule has 2 aliphatic heterocycles. The quantitative estimate of drug-likeness (QED) is 0.866. The highest BCUT2D eigenvalue weighted by Crippen LogP contribution is 2.15. The van der Waals surface area contributed by atoms with Gasteiger partial charge in [0.25, 0.3) is 0 Å². The summed E-state index contributed by atoms with van der Waals surface area (Å²) < 4.78 is 0. The summed E-state index contributed by atoms with van der Waals surface area (Å²) in [6, 6.07) is 11.4. The molecule has 0 aromatic heterocycles. The summed E-state index contributed by atoms with van der Waals surface area (Å²) in [5.41, 5.74) is 1.42. The van der Waals surface area contributed by atoms with Gasteiger partial charge in [-0.3, -0.25) is 10.2 Å². The van der Waals surface area contributed by atoms with Crippen molar-refractivity contribution < 1.29 is 0 Å². The molecule has 1 aromatic rings. The second kappa shape index (κ2) is 6.96. The van der Waals surface area contributed by atoms with Crippen LogP contribution in [0.25, 0.3) is 0 Å². The molecule has 4 nitrogen and oxygen atoms in total. The molecule has 0 radical (unpaired) electrons. The maximum absolute atomic E-state index is 3.73. The number of rotatable bonds is 5. The van der Waals surface area contributed by atoms with E-state index in [1.165, 1.54) is 31.5 Å². The minimum atomic E-state index is 0.278. The van der Waals surface area contributed by atoms with E-state index in [1.54, 1.807) is 0 Å². The second-order valence-electron chi connectivity index (χ2n) is 5.92. The van der Waals surface area contributed by atoms with Crippen molar-refractivity contribution in [1.29, 1.82) is 0 Å². The highest BCUT2D eigenvalue weighted by atomic mass is 15.4. The molecule has 21 heavy (non-hydrogen) atoms. The number of piperidine rings is 1. The van der Waals surface area contributed by atoms with E-state index in [0.29, 0.717) is 6.04 Å². The summed E-state index contributed by atoms with van der Waals surface area (Å²) in [4.78, 5) is 4.86. The Hall–Kier alpha value is -1.52. The van der Waals surface area contributed by atoms with Crippen LogP contribution < -0.4 is 10.6 Å². The number of likely N-dealkylation sites (tertiary alicyclic amines) is 1. The first-order valence-corrected chi connectivity index (χ1v) is 8.06. The molecule has 3 rings (SSSR count). The van der Waals surface area contributed by atoms with Crippen molar-refractivity contribution in [3.05, 3.63) is 48.3 Å². The number of benzene rings is 1. The van der Waals surface area contributed by atoms with Crippen molar-refractivity contribution in [3.8, 4) is 0 Å². The van der Waals surface area contributed by atoms with Crippen LogP contribution in [0.3, 0.4) is 0 Å². The number of hydrogen-bond donors (Lipinski definition) is 2. The van der Waals surface area contributed by atoms with Crippen LogP contribution in [-0.4, -0.2) is 41.8 Å². The maximum atomic E-state index is 3.73. The van der Waals surface area contributed by atoms with Gasteiger partial charge in [-0.2, -0.15) is 0 Å². The van der Waals surface area contributed by atoms with E-state index < -0.39 is 0 Å². The molecule has 4 heteroatoms. The van der Waals surface area contributed by atoms with Crippen molar-refractivity contribution in [3.63, 3.8) is 0 Å². The Morgan fingerprint density at radius 3 is 2.67 bits per heavy atom. The monoisotopic (exact) mass is 286 g/mol. The van der Waals surface area contributed by atoms with Gasteiger partial charge < -0.3 is 10.2 Å². The van der Waals surface area contributed by atoms with Gasteiger partial charge in [-0.25, -0.2) is 0 Å². The summed E-state index contributed by atoms with van der Waals surface area (Å²) >= 11 is 0. The van der Waals surface area contributed by atoms with Gasteiger partial charge in [0.2, 0.25) is 0 Å².